The van der Waals surface area contributed by atoms with Gasteiger partial charge in [-0.05, 0) is 49.1 Å². The number of carbonyl (C=O) groups excluding carboxylic acids is 1. The fraction of sp³-hybridized carbons (Fsp3) is 0.235. The third kappa shape index (κ3) is 2.99. The van der Waals surface area contributed by atoms with E-state index in [4.69, 9.17) is 10.5 Å². The normalized spacial score (nSPS) is 10.3. The average Bonchev–Trinajstić information content (AvgIpc) is 2.41. The Morgan fingerprint density at radius 3 is 2.45 bits per heavy atom. The van der Waals surface area contributed by atoms with Gasteiger partial charge >= 0.3 is 5.97 Å². The van der Waals surface area contributed by atoms with Gasteiger partial charge in [-0.1, -0.05) is 30.3 Å². The van der Waals surface area contributed by atoms with Crippen molar-refractivity contribution < 1.29 is 9.53 Å². The van der Waals surface area contributed by atoms with Crippen LogP contribution >= 0.6 is 0 Å². The molecule has 2 N–H and O–H groups in total. The first-order valence-corrected chi connectivity index (χ1v) is 6.57. The summed E-state index contributed by atoms with van der Waals surface area (Å²) in [5, 5.41) is 0. The van der Waals surface area contributed by atoms with Gasteiger partial charge < -0.3 is 10.5 Å². The molecule has 2 aromatic rings. The Labute approximate surface area is 119 Å². The summed E-state index contributed by atoms with van der Waals surface area (Å²) < 4.78 is 5.38. The van der Waals surface area contributed by atoms with Crippen molar-refractivity contribution in [2.24, 2.45) is 0 Å². The quantitative estimate of drug-likeness (QED) is 0.684. The van der Waals surface area contributed by atoms with Crippen LogP contribution < -0.4 is 5.73 Å². The molecule has 3 heteroatoms. The minimum absolute atomic E-state index is 0.277. The van der Waals surface area contributed by atoms with E-state index in [1.807, 2.05) is 51.1 Å². The number of hydrogen-bond acceptors (Lipinski definition) is 3. The molecule has 0 radical (unpaired) electrons. The molecule has 0 fully saturated rings. The fourth-order valence-electron chi connectivity index (χ4n) is 2.08. The zero-order valence-electron chi connectivity index (χ0n) is 12.1. The van der Waals surface area contributed by atoms with Crippen LogP contribution in [0, 0.1) is 20.8 Å². The lowest BCUT2D eigenvalue weighted by Crippen LogP contribution is -2.09. The van der Waals surface area contributed by atoms with Crippen LogP contribution in [0.3, 0.4) is 0 Å². The summed E-state index contributed by atoms with van der Waals surface area (Å²) in [6, 6.07) is 11.4. The molecular formula is C17H19NO2. The van der Waals surface area contributed by atoms with Gasteiger partial charge in [0.2, 0.25) is 0 Å². The summed E-state index contributed by atoms with van der Waals surface area (Å²) in [6.45, 7) is 6.08. The zero-order chi connectivity index (χ0) is 14.7. The molecule has 0 aromatic heterocycles. The number of hydrogen-bond donors (Lipinski definition) is 1. The third-order valence-corrected chi connectivity index (χ3v) is 3.45. The van der Waals surface area contributed by atoms with E-state index < -0.39 is 0 Å². The zero-order valence-corrected chi connectivity index (χ0v) is 12.1. The number of esters is 1. The van der Waals surface area contributed by atoms with Crippen LogP contribution in [0.4, 0.5) is 5.69 Å². The van der Waals surface area contributed by atoms with Gasteiger partial charge in [-0.25, -0.2) is 4.79 Å². The summed E-state index contributed by atoms with van der Waals surface area (Å²) >= 11 is 0. The molecule has 0 saturated heterocycles. The average molecular weight is 269 g/mol. The number of nitrogens with two attached hydrogens (primary N) is 1. The minimum atomic E-state index is -0.336. The predicted molar refractivity (Wildman–Crippen MR) is 80.6 cm³/mol. The molecule has 0 amide bonds. The molecule has 0 heterocycles. The molecular weight excluding hydrogens is 250 g/mol. The number of ether oxygens (including phenoxy) is 1. The molecule has 0 saturated carbocycles. The maximum absolute atomic E-state index is 12.1. The van der Waals surface area contributed by atoms with Gasteiger partial charge in [0, 0.05) is 5.69 Å². The highest BCUT2D eigenvalue weighted by molar-refractivity contribution is 5.92. The van der Waals surface area contributed by atoms with Crippen molar-refractivity contribution in [3.05, 3.63) is 64.2 Å². The lowest BCUT2D eigenvalue weighted by Gasteiger charge is -2.11. The van der Waals surface area contributed by atoms with E-state index in [9.17, 15) is 4.79 Å². The highest BCUT2D eigenvalue weighted by Crippen LogP contribution is 2.19. The molecule has 0 aliphatic heterocycles. The van der Waals surface area contributed by atoms with E-state index in [1.54, 1.807) is 6.07 Å². The van der Waals surface area contributed by atoms with Crippen molar-refractivity contribution in [3.63, 3.8) is 0 Å². The molecule has 0 unspecified atom stereocenters. The molecule has 0 atom stereocenters. The number of aryl methyl sites for hydroxylation is 3. The second-order valence-corrected chi connectivity index (χ2v) is 5.03. The third-order valence-electron chi connectivity index (χ3n) is 3.45. The first-order valence-electron chi connectivity index (χ1n) is 6.57. The Hall–Kier alpha value is -2.29. The second-order valence-electron chi connectivity index (χ2n) is 5.03. The SMILES string of the molecule is Cc1cc(C)c(C(=O)OCc2ccccc2C)cc1N. The highest BCUT2D eigenvalue weighted by atomic mass is 16.5. The molecule has 3 nitrogen and oxygen atoms in total. The molecule has 0 aliphatic carbocycles. The number of anilines is 1. The fourth-order valence-corrected chi connectivity index (χ4v) is 2.08. The maximum atomic E-state index is 12.1. The number of nitrogen functional groups attached to an aromatic ring is 1. The summed E-state index contributed by atoms with van der Waals surface area (Å²) in [6.07, 6.45) is 0. The Bertz CT molecular complexity index is 647. The van der Waals surface area contributed by atoms with Crippen molar-refractivity contribution in [2.75, 3.05) is 5.73 Å². The lowest BCUT2D eigenvalue weighted by atomic mass is 10.0. The smallest absolute Gasteiger partial charge is 0.338 e. The van der Waals surface area contributed by atoms with Gasteiger partial charge in [-0.2, -0.15) is 0 Å². The summed E-state index contributed by atoms with van der Waals surface area (Å²) in [4.78, 5) is 12.1. The van der Waals surface area contributed by atoms with Crippen LogP contribution in [0.1, 0.15) is 32.6 Å². The number of rotatable bonds is 3. The van der Waals surface area contributed by atoms with E-state index >= 15 is 0 Å². The van der Waals surface area contributed by atoms with Gasteiger partial charge in [0.1, 0.15) is 6.61 Å². The van der Waals surface area contributed by atoms with Crippen LogP contribution in [0.5, 0.6) is 0 Å². The first kappa shape index (κ1) is 14.1. The molecule has 0 bridgehead atoms. The van der Waals surface area contributed by atoms with Crippen molar-refractivity contribution in [2.45, 2.75) is 27.4 Å². The monoisotopic (exact) mass is 269 g/mol. The van der Waals surface area contributed by atoms with Crippen molar-refractivity contribution in [1.29, 1.82) is 0 Å². The van der Waals surface area contributed by atoms with Gasteiger partial charge in [0.15, 0.2) is 0 Å². The Kier molecular flexibility index (Phi) is 4.08. The van der Waals surface area contributed by atoms with E-state index in [1.165, 1.54) is 0 Å². The Balaban J connectivity index is 2.13. The molecule has 2 aromatic carbocycles. The molecule has 2 rings (SSSR count). The van der Waals surface area contributed by atoms with Gasteiger partial charge in [0.25, 0.3) is 0 Å². The molecule has 0 spiro atoms. The minimum Gasteiger partial charge on any atom is -0.457 e. The van der Waals surface area contributed by atoms with Crippen LogP contribution in [-0.4, -0.2) is 5.97 Å². The van der Waals surface area contributed by atoms with Crippen molar-refractivity contribution in [1.82, 2.24) is 0 Å². The topological polar surface area (TPSA) is 52.3 Å². The first-order chi connectivity index (χ1) is 9.49. The van der Waals surface area contributed by atoms with E-state index in [-0.39, 0.29) is 12.6 Å². The second kappa shape index (κ2) is 5.78. The highest BCUT2D eigenvalue weighted by Gasteiger charge is 2.13. The van der Waals surface area contributed by atoms with E-state index in [0.717, 1.165) is 22.3 Å². The van der Waals surface area contributed by atoms with E-state index in [0.29, 0.717) is 11.3 Å². The summed E-state index contributed by atoms with van der Waals surface area (Å²) in [5.41, 5.74) is 11.0. The van der Waals surface area contributed by atoms with E-state index in [2.05, 4.69) is 0 Å². The predicted octanol–water partition coefficient (Wildman–Crippen LogP) is 3.55. The standard InChI is InChI=1S/C17H19NO2/c1-11-6-4-5-7-14(11)10-20-17(19)15-9-16(18)13(3)8-12(15)2/h4-9H,10,18H2,1-3H3. The van der Waals surface area contributed by atoms with Crippen molar-refractivity contribution in [3.8, 4) is 0 Å². The maximum Gasteiger partial charge on any atom is 0.338 e. The largest absolute Gasteiger partial charge is 0.457 e. The van der Waals surface area contributed by atoms with Crippen molar-refractivity contribution >= 4 is 11.7 Å². The van der Waals surface area contributed by atoms with Crippen LogP contribution in [-0.2, 0) is 11.3 Å². The van der Waals surface area contributed by atoms with Crippen LogP contribution in [0.25, 0.3) is 0 Å². The van der Waals surface area contributed by atoms with Crippen LogP contribution in [0.2, 0.25) is 0 Å². The Morgan fingerprint density at radius 1 is 1.05 bits per heavy atom. The molecule has 104 valence electrons. The number of carbonyl (C=O) groups is 1. The van der Waals surface area contributed by atoms with Gasteiger partial charge in [-0.15, -0.1) is 0 Å². The lowest BCUT2D eigenvalue weighted by molar-refractivity contribution is 0.0471. The molecule has 20 heavy (non-hydrogen) atoms. The Morgan fingerprint density at radius 2 is 1.75 bits per heavy atom. The summed E-state index contributed by atoms with van der Waals surface area (Å²) in [5.74, 6) is -0.336. The van der Waals surface area contributed by atoms with Crippen LogP contribution in [0.15, 0.2) is 36.4 Å². The number of benzene rings is 2. The molecule has 0 aliphatic rings. The van der Waals surface area contributed by atoms with Gasteiger partial charge in [-0.3, -0.25) is 0 Å². The summed E-state index contributed by atoms with van der Waals surface area (Å²) in [7, 11) is 0. The van der Waals surface area contributed by atoms with Gasteiger partial charge in [0.05, 0.1) is 5.56 Å².